The van der Waals surface area contributed by atoms with Gasteiger partial charge in [-0.05, 0) is 37.3 Å². The lowest BCUT2D eigenvalue weighted by molar-refractivity contribution is -0.113. The predicted octanol–water partition coefficient (Wildman–Crippen LogP) is 2.61. The minimum atomic E-state index is -3.63. The normalized spacial score (nSPS) is 11.7. The Morgan fingerprint density at radius 2 is 1.94 bits per heavy atom. The number of aromatic nitrogens is 3. The van der Waals surface area contributed by atoms with E-state index in [1.165, 1.54) is 38.0 Å². The molecule has 0 radical (unpaired) electrons. The lowest BCUT2D eigenvalue weighted by Crippen LogP contribution is -2.23. The highest BCUT2D eigenvalue weighted by Gasteiger charge is 2.21. The third kappa shape index (κ3) is 4.97. The molecule has 1 aromatic carbocycles. The summed E-state index contributed by atoms with van der Waals surface area (Å²) in [6.07, 6.45) is 1.57. The van der Waals surface area contributed by atoms with Gasteiger partial charge in [-0.25, -0.2) is 12.7 Å². The second-order valence-corrected chi connectivity index (χ2v) is 10.3. The van der Waals surface area contributed by atoms with Crippen LogP contribution in [0.4, 0.5) is 11.4 Å². The van der Waals surface area contributed by atoms with E-state index in [2.05, 4.69) is 15.5 Å². The molecule has 0 bridgehead atoms. The van der Waals surface area contributed by atoms with Crippen molar-refractivity contribution < 1.29 is 17.6 Å². The van der Waals surface area contributed by atoms with E-state index in [1.54, 1.807) is 29.4 Å². The number of hydrogen-bond acceptors (Lipinski definition) is 8. The van der Waals surface area contributed by atoms with Crippen molar-refractivity contribution in [3.63, 3.8) is 0 Å². The number of benzene rings is 1. The maximum Gasteiger partial charge on any atom is 0.242 e. The molecule has 1 amide bonds. The van der Waals surface area contributed by atoms with Gasteiger partial charge >= 0.3 is 0 Å². The van der Waals surface area contributed by atoms with Gasteiger partial charge in [0.2, 0.25) is 15.9 Å². The Balaban J connectivity index is 1.78. The molecule has 3 aromatic rings. The highest BCUT2D eigenvalue weighted by atomic mass is 32.2. The summed E-state index contributed by atoms with van der Waals surface area (Å²) in [6.45, 7) is 2.57. The van der Waals surface area contributed by atoms with Gasteiger partial charge in [0, 0.05) is 34.7 Å². The van der Waals surface area contributed by atoms with E-state index in [0.29, 0.717) is 34.7 Å². The molecule has 0 fully saturated rings. The van der Waals surface area contributed by atoms with Crippen LogP contribution in [0.3, 0.4) is 0 Å². The van der Waals surface area contributed by atoms with Crippen molar-refractivity contribution in [2.24, 2.45) is 0 Å². The molecule has 12 heteroatoms. The Bertz CT molecular complexity index is 1190. The number of nitrogens with zero attached hydrogens (tertiary/aromatic N) is 5. The van der Waals surface area contributed by atoms with Crippen LogP contribution in [0.2, 0.25) is 0 Å². The van der Waals surface area contributed by atoms with Crippen LogP contribution in [0, 0.1) is 0 Å². The summed E-state index contributed by atoms with van der Waals surface area (Å²) in [5.41, 5.74) is 1.11. The Hall–Kier alpha value is -2.83. The van der Waals surface area contributed by atoms with Crippen LogP contribution in [-0.2, 0) is 21.4 Å². The first-order valence-electron chi connectivity index (χ1n) is 9.78. The van der Waals surface area contributed by atoms with Gasteiger partial charge in [0.15, 0.2) is 16.7 Å². The van der Waals surface area contributed by atoms with Crippen LogP contribution in [0.15, 0.2) is 51.1 Å². The summed E-state index contributed by atoms with van der Waals surface area (Å²) in [4.78, 5) is 14.6. The largest absolute Gasteiger partial charge is 0.461 e. The average Bonchev–Trinajstić information content (AvgIpc) is 3.41. The fraction of sp³-hybridized carbons (Fsp3) is 0.350. The Kier molecular flexibility index (Phi) is 7.26. The second kappa shape index (κ2) is 9.76. The van der Waals surface area contributed by atoms with Gasteiger partial charge in [-0.3, -0.25) is 9.36 Å². The molecule has 0 atom stereocenters. The molecule has 2 heterocycles. The number of nitrogens with one attached hydrogen (secondary N) is 1. The maximum atomic E-state index is 12.7. The van der Waals surface area contributed by atoms with E-state index in [-0.39, 0.29) is 16.6 Å². The fourth-order valence-electron chi connectivity index (χ4n) is 2.96. The molecule has 0 spiro atoms. The van der Waals surface area contributed by atoms with Gasteiger partial charge in [-0.15, -0.1) is 10.2 Å². The number of amides is 1. The first-order chi connectivity index (χ1) is 15.1. The highest BCUT2D eigenvalue weighted by molar-refractivity contribution is 7.99. The number of hydrogen-bond donors (Lipinski definition) is 1. The van der Waals surface area contributed by atoms with Gasteiger partial charge in [0.25, 0.3) is 0 Å². The van der Waals surface area contributed by atoms with Gasteiger partial charge in [0.1, 0.15) is 0 Å². The number of rotatable bonds is 9. The first-order valence-corrected chi connectivity index (χ1v) is 12.2. The minimum Gasteiger partial charge on any atom is -0.461 e. The van der Waals surface area contributed by atoms with E-state index in [0.717, 1.165) is 4.31 Å². The Morgan fingerprint density at radius 3 is 2.53 bits per heavy atom. The van der Waals surface area contributed by atoms with Crippen molar-refractivity contribution in [2.75, 3.05) is 44.2 Å². The summed E-state index contributed by atoms with van der Waals surface area (Å²) < 4.78 is 33.4. The topological polar surface area (TPSA) is 114 Å². The minimum absolute atomic E-state index is 0.0772. The number of sulfonamides is 1. The van der Waals surface area contributed by atoms with Crippen molar-refractivity contribution in [1.29, 1.82) is 0 Å². The zero-order chi connectivity index (χ0) is 23.5. The predicted molar refractivity (Wildman–Crippen MR) is 124 cm³/mol. The summed E-state index contributed by atoms with van der Waals surface area (Å²) >= 11 is 1.24. The van der Waals surface area contributed by atoms with Crippen molar-refractivity contribution in [3.8, 4) is 11.6 Å². The molecule has 10 nitrogen and oxygen atoms in total. The summed E-state index contributed by atoms with van der Waals surface area (Å²) in [5, 5.41) is 11.8. The molecule has 0 aliphatic rings. The zero-order valence-corrected chi connectivity index (χ0v) is 20.2. The third-order valence-electron chi connectivity index (χ3n) is 4.61. The second-order valence-electron chi connectivity index (χ2n) is 7.23. The monoisotopic (exact) mass is 478 g/mol. The standard InChI is InChI=1S/C20H26N6O4S2/c1-6-26-19(17-8-7-11-30-17)22-23-20(26)31-13-18(27)21-15-12-14(32(28,29)25(4)5)9-10-16(15)24(2)3/h7-12H,6,13H2,1-5H3,(H,21,27). The van der Waals surface area contributed by atoms with Crippen LogP contribution in [0.25, 0.3) is 11.6 Å². The molecule has 32 heavy (non-hydrogen) atoms. The Labute approximate surface area is 191 Å². The summed E-state index contributed by atoms with van der Waals surface area (Å²) in [6, 6.07) is 8.24. The zero-order valence-electron chi connectivity index (χ0n) is 18.6. The Morgan fingerprint density at radius 1 is 1.19 bits per heavy atom. The van der Waals surface area contributed by atoms with Crippen LogP contribution in [0.5, 0.6) is 0 Å². The van der Waals surface area contributed by atoms with E-state index in [4.69, 9.17) is 4.42 Å². The molecule has 0 aliphatic heterocycles. The van der Waals surface area contributed by atoms with Gasteiger partial charge in [-0.2, -0.15) is 0 Å². The molecule has 172 valence electrons. The molecule has 0 saturated heterocycles. The average molecular weight is 479 g/mol. The van der Waals surface area contributed by atoms with Gasteiger partial charge in [0.05, 0.1) is 28.3 Å². The number of carbonyl (C=O) groups is 1. The fourth-order valence-corrected chi connectivity index (χ4v) is 4.69. The van der Waals surface area contributed by atoms with Crippen molar-refractivity contribution in [2.45, 2.75) is 23.5 Å². The SMILES string of the molecule is CCn1c(SCC(=O)Nc2cc(S(=O)(=O)N(C)C)ccc2N(C)C)nnc1-c1ccco1. The van der Waals surface area contributed by atoms with Crippen LogP contribution < -0.4 is 10.2 Å². The molecular formula is C20H26N6O4S2. The van der Waals surface area contributed by atoms with E-state index >= 15 is 0 Å². The van der Waals surface area contributed by atoms with E-state index in [9.17, 15) is 13.2 Å². The number of furan rings is 1. The molecule has 0 unspecified atom stereocenters. The highest BCUT2D eigenvalue weighted by Crippen LogP contribution is 2.29. The number of anilines is 2. The lowest BCUT2D eigenvalue weighted by atomic mass is 10.2. The molecule has 1 N–H and O–H groups in total. The van der Waals surface area contributed by atoms with Crippen molar-refractivity contribution >= 4 is 39.1 Å². The van der Waals surface area contributed by atoms with Gasteiger partial charge < -0.3 is 14.6 Å². The third-order valence-corrected chi connectivity index (χ3v) is 7.39. The van der Waals surface area contributed by atoms with Crippen molar-refractivity contribution in [1.82, 2.24) is 19.1 Å². The molecule has 0 aliphatic carbocycles. The van der Waals surface area contributed by atoms with Crippen molar-refractivity contribution in [3.05, 3.63) is 36.6 Å². The quantitative estimate of drug-likeness (QED) is 0.467. The number of carbonyl (C=O) groups excluding carboxylic acids is 1. The first kappa shape index (κ1) is 23.8. The molecule has 3 rings (SSSR count). The summed E-state index contributed by atoms with van der Waals surface area (Å²) in [5.74, 6) is 0.984. The summed E-state index contributed by atoms with van der Waals surface area (Å²) in [7, 11) is 2.93. The molecule has 2 aromatic heterocycles. The number of thioether (sulfide) groups is 1. The van der Waals surface area contributed by atoms with E-state index in [1.807, 2.05) is 25.6 Å². The lowest BCUT2D eigenvalue weighted by Gasteiger charge is -2.20. The van der Waals surface area contributed by atoms with E-state index < -0.39 is 10.0 Å². The van der Waals surface area contributed by atoms with Crippen LogP contribution in [-0.4, -0.2) is 67.3 Å². The molecular weight excluding hydrogens is 452 g/mol. The molecule has 0 saturated carbocycles. The van der Waals surface area contributed by atoms with Gasteiger partial charge in [-0.1, -0.05) is 11.8 Å². The van der Waals surface area contributed by atoms with Crippen LogP contribution >= 0.6 is 11.8 Å². The van der Waals surface area contributed by atoms with Crippen LogP contribution in [0.1, 0.15) is 6.92 Å². The maximum absolute atomic E-state index is 12.7. The smallest absolute Gasteiger partial charge is 0.242 e.